The fourth-order valence-electron chi connectivity index (χ4n) is 2.51. The summed E-state index contributed by atoms with van der Waals surface area (Å²) in [5.74, 6) is 0.952. The van der Waals surface area contributed by atoms with Crippen LogP contribution in [0.25, 0.3) is 5.65 Å². The third kappa shape index (κ3) is 2.23. The van der Waals surface area contributed by atoms with Crippen molar-refractivity contribution in [2.24, 2.45) is 0 Å². The minimum absolute atomic E-state index is 0.500. The monoisotopic (exact) mass is 285 g/mol. The van der Waals surface area contributed by atoms with E-state index in [2.05, 4.69) is 37.3 Å². The van der Waals surface area contributed by atoms with Crippen molar-refractivity contribution in [3.63, 3.8) is 0 Å². The highest BCUT2D eigenvalue weighted by molar-refractivity contribution is 5.47. The highest BCUT2D eigenvalue weighted by Gasteiger charge is 2.31. The fourth-order valence-corrected chi connectivity index (χ4v) is 2.51. The summed E-state index contributed by atoms with van der Waals surface area (Å²) in [5, 5.41) is 16.2. The van der Waals surface area contributed by atoms with Gasteiger partial charge < -0.3 is 9.42 Å². The van der Waals surface area contributed by atoms with Crippen LogP contribution in [0.4, 0.5) is 5.82 Å². The first-order valence-electron chi connectivity index (χ1n) is 6.81. The van der Waals surface area contributed by atoms with Gasteiger partial charge in [-0.15, -0.1) is 15.3 Å². The van der Waals surface area contributed by atoms with Crippen molar-refractivity contribution < 1.29 is 4.52 Å². The molecule has 0 aliphatic carbocycles. The maximum Gasteiger partial charge on any atom is 0.177 e. The van der Waals surface area contributed by atoms with Gasteiger partial charge in [-0.05, 0) is 19.2 Å². The van der Waals surface area contributed by atoms with Crippen LogP contribution in [0.15, 0.2) is 35.3 Å². The van der Waals surface area contributed by atoms with E-state index in [0.29, 0.717) is 6.04 Å². The lowest BCUT2D eigenvalue weighted by Gasteiger charge is -2.44. The number of nitrogens with zero attached hydrogens (tertiary/aromatic N) is 7. The molecule has 8 nitrogen and oxygen atoms in total. The van der Waals surface area contributed by atoms with Crippen LogP contribution in [0.3, 0.4) is 0 Å². The molecule has 4 heterocycles. The Morgan fingerprint density at radius 1 is 1.33 bits per heavy atom. The number of likely N-dealkylation sites (N-methyl/N-ethyl adjacent to an activating group) is 1. The van der Waals surface area contributed by atoms with Crippen molar-refractivity contribution in [2.45, 2.75) is 12.6 Å². The Morgan fingerprint density at radius 2 is 2.24 bits per heavy atom. The predicted molar refractivity (Wildman–Crippen MR) is 74.8 cm³/mol. The third-order valence-corrected chi connectivity index (χ3v) is 3.86. The molecule has 4 rings (SSSR count). The summed E-state index contributed by atoms with van der Waals surface area (Å²) >= 11 is 0. The van der Waals surface area contributed by atoms with Gasteiger partial charge in [0.05, 0.1) is 5.69 Å². The number of aromatic nitrogens is 5. The van der Waals surface area contributed by atoms with Crippen LogP contribution in [0, 0.1) is 0 Å². The van der Waals surface area contributed by atoms with E-state index in [9.17, 15) is 0 Å². The van der Waals surface area contributed by atoms with Gasteiger partial charge in [-0.25, -0.2) is 0 Å². The molecule has 108 valence electrons. The highest BCUT2D eigenvalue weighted by atomic mass is 16.5. The van der Waals surface area contributed by atoms with E-state index in [-0.39, 0.29) is 0 Å². The molecule has 0 aromatic carbocycles. The van der Waals surface area contributed by atoms with Crippen LogP contribution in [-0.2, 0) is 6.54 Å². The summed E-state index contributed by atoms with van der Waals surface area (Å²) in [4.78, 5) is 4.52. The Balaban J connectivity index is 1.39. The Hall–Kier alpha value is -2.48. The normalized spacial score (nSPS) is 15.8. The average molecular weight is 285 g/mol. The van der Waals surface area contributed by atoms with E-state index < -0.39 is 0 Å². The second-order valence-corrected chi connectivity index (χ2v) is 5.29. The van der Waals surface area contributed by atoms with Gasteiger partial charge in [-0.2, -0.15) is 4.52 Å². The van der Waals surface area contributed by atoms with Crippen LogP contribution in [0.1, 0.15) is 5.69 Å². The average Bonchev–Trinajstić information content (AvgIpc) is 3.07. The summed E-state index contributed by atoms with van der Waals surface area (Å²) < 4.78 is 6.55. The van der Waals surface area contributed by atoms with Gasteiger partial charge in [0.1, 0.15) is 18.4 Å². The number of fused-ring (bicyclic) bond motifs is 1. The molecule has 8 heteroatoms. The summed E-state index contributed by atoms with van der Waals surface area (Å²) in [6.45, 7) is 2.71. The lowest BCUT2D eigenvalue weighted by molar-refractivity contribution is 0.192. The van der Waals surface area contributed by atoms with Crippen molar-refractivity contribution in [2.75, 3.05) is 25.0 Å². The van der Waals surface area contributed by atoms with Crippen molar-refractivity contribution in [1.82, 2.24) is 29.9 Å². The van der Waals surface area contributed by atoms with Gasteiger partial charge in [-0.1, -0.05) is 5.16 Å². The Bertz CT molecular complexity index is 732. The predicted octanol–water partition coefficient (Wildman–Crippen LogP) is 0.433. The van der Waals surface area contributed by atoms with Crippen LogP contribution >= 0.6 is 0 Å². The molecular formula is C13H15N7O. The zero-order chi connectivity index (χ0) is 14.2. The Morgan fingerprint density at radius 3 is 3.05 bits per heavy atom. The van der Waals surface area contributed by atoms with Gasteiger partial charge in [0.15, 0.2) is 5.65 Å². The second kappa shape index (κ2) is 4.81. The van der Waals surface area contributed by atoms with E-state index >= 15 is 0 Å². The molecule has 1 aliphatic heterocycles. The molecule has 1 fully saturated rings. The molecule has 0 spiro atoms. The number of anilines is 1. The van der Waals surface area contributed by atoms with Crippen LogP contribution < -0.4 is 4.90 Å². The second-order valence-electron chi connectivity index (χ2n) is 5.29. The maximum absolute atomic E-state index is 4.86. The zero-order valence-corrected chi connectivity index (χ0v) is 11.6. The van der Waals surface area contributed by atoms with Crippen molar-refractivity contribution >= 4 is 11.5 Å². The lowest BCUT2D eigenvalue weighted by atomic mass is 10.1. The molecule has 0 radical (unpaired) electrons. The summed E-state index contributed by atoms with van der Waals surface area (Å²) in [7, 11) is 2.10. The van der Waals surface area contributed by atoms with E-state index in [1.54, 1.807) is 17.1 Å². The van der Waals surface area contributed by atoms with Crippen molar-refractivity contribution in [3.05, 3.63) is 36.5 Å². The van der Waals surface area contributed by atoms with Crippen LogP contribution in [0.5, 0.6) is 0 Å². The topological polar surface area (TPSA) is 75.6 Å². The first-order chi connectivity index (χ1) is 10.3. The minimum atomic E-state index is 0.500. The van der Waals surface area contributed by atoms with Crippen molar-refractivity contribution in [1.29, 1.82) is 0 Å². The Kier molecular flexibility index (Phi) is 2.81. The lowest BCUT2D eigenvalue weighted by Crippen LogP contribution is -2.58. The third-order valence-electron chi connectivity index (χ3n) is 3.86. The molecular weight excluding hydrogens is 270 g/mol. The van der Waals surface area contributed by atoms with E-state index in [4.69, 9.17) is 4.52 Å². The largest absolute Gasteiger partial charge is 0.364 e. The van der Waals surface area contributed by atoms with E-state index in [1.165, 1.54) is 0 Å². The van der Waals surface area contributed by atoms with Crippen molar-refractivity contribution in [3.8, 4) is 0 Å². The molecule has 21 heavy (non-hydrogen) atoms. The first-order valence-corrected chi connectivity index (χ1v) is 6.81. The maximum atomic E-state index is 4.86. The summed E-state index contributed by atoms with van der Waals surface area (Å²) in [5.41, 5.74) is 1.72. The highest BCUT2D eigenvalue weighted by Crippen LogP contribution is 2.22. The summed E-state index contributed by atoms with van der Waals surface area (Å²) in [6.07, 6.45) is 3.22. The SMILES string of the molecule is CN(Cc1ccon1)C1CN(c2ccc3nncn3n2)C1. The number of hydrogen-bond acceptors (Lipinski definition) is 7. The molecule has 1 aliphatic rings. The molecule has 1 saturated heterocycles. The molecule has 0 unspecified atom stereocenters. The van der Waals surface area contributed by atoms with Gasteiger partial charge in [-0.3, -0.25) is 4.90 Å². The van der Waals surface area contributed by atoms with Crippen LogP contribution in [0.2, 0.25) is 0 Å². The van der Waals surface area contributed by atoms with Crippen LogP contribution in [-0.4, -0.2) is 56.0 Å². The molecule has 0 atom stereocenters. The van der Waals surface area contributed by atoms with Gasteiger partial charge >= 0.3 is 0 Å². The molecule has 0 bridgehead atoms. The molecule has 0 amide bonds. The number of rotatable bonds is 4. The molecule has 0 N–H and O–H groups in total. The quantitative estimate of drug-likeness (QED) is 0.688. The number of hydrogen-bond donors (Lipinski definition) is 0. The molecule has 0 saturated carbocycles. The van der Waals surface area contributed by atoms with E-state index in [1.807, 2.05) is 18.2 Å². The van der Waals surface area contributed by atoms with Gasteiger partial charge in [0.2, 0.25) is 0 Å². The van der Waals surface area contributed by atoms with Gasteiger partial charge in [0, 0.05) is 31.7 Å². The summed E-state index contributed by atoms with van der Waals surface area (Å²) in [6, 6.07) is 6.31. The molecule has 3 aromatic heterocycles. The minimum Gasteiger partial charge on any atom is -0.364 e. The zero-order valence-electron chi connectivity index (χ0n) is 11.6. The Labute approximate surface area is 121 Å². The first kappa shape index (κ1) is 12.3. The smallest absolute Gasteiger partial charge is 0.177 e. The standard InChI is InChI=1S/C13H15N7O/c1-18(6-10-4-5-21-17-10)11-7-19(8-11)13-3-2-12-15-14-9-20(12)16-13/h2-5,9,11H,6-8H2,1H3. The van der Waals surface area contributed by atoms with E-state index in [0.717, 1.165) is 36.8 Å². The van der Waals surface area contributed by atoms with Gasteiger partial charge in [0.25, 0.3) is 0 Å². The molecule has 3 aromatic rings. The fraction of sp³-hybridized carbons (Fsp3) is 0.385.